The van der Waals surface area contributed by atoms with E-state index < -0.39 is 6.09 Å². The summed E-state index contributed by atoms with van der Waals surface area (Å²) in [5.74, 6) is -0.219. The maximum atomic E-state index is 14.9. The van der Waals surface area contributed by atoms with Crippen LogP contribution in [0.5, 0.6) is 0 Å². The number of nitrogens with one attached hydrogen (secondary N) is 1. The molecule has 2 fully saturated rings. The van der Waals surface area contributed by atoms with Crippen molar-refractivity contribution in [3.05, 3.63) is 53.8 Å². The molecule has 1 atom stereocenters. The molecule has 2 aliphatic rings. The van der Waals surface area contributed by atoms with Crippen LogP contribution < -0.4 is 10.2 Å². The number of nitrogens with zero attached hydrogens (tertiary/aromatic N) is 2. The molecule has 2 amide bonds. The summed E-state index contributed by atoms with van der Waals surface area (Å²) in [4.78, 5) is 26.8. The summed E-state index contributed by atoms with van der Waals surface area (Å²) >= 11 is 0. The molecule has 7 heteroatoms. The maximum Gasteiger partial charge on any atom is 0.414 e. The first kappa shape index (κ1) is 22.3. The molecule has 2 heterocycles. The van der Waals surface area contributed by atoms with E-state index in [1.165, 1.54) is 11.0 Å². The molecule has 1 N–H and O–H groups in total. The number of anilines is 1. The standard InChI is InChI=1S/C25H30FN3O3/c1-3-22-16-29(25(31)32-22)21-8-9-23(24(26)14-21)19-6-4-18(5-7-19)15-27-20-10-12-28(13-11-20)17(2)30/h4-9,14,20,22,27H,3,10-13,15-16H2,1-2H3/t22-/m0/s1. The molecule has 2 aromatic carbocycles. The van der Waals surface area contributed by atoms with Gasteiger partial charge in [-0.25, -0.2) is 9.18 Å². The van der Waals surface area contributed by atoms with E-state index in [1.54, 1.807) is 19.1 Å². The van der Waals surface area contributed by atoms with Crippen LogP contribution in [0.3, 0.4) is 0 Å². The summed E-state index contributed by atoms with van der Waals surface area (Å²) in [5, 5.41) is 3.56. The molecule has 0 aliphatic carbocycles. The summed E-state index contributed by atoms with van der Waals surface area (Å²) in [7, 11) is 0. The van der Waals surface area contributed by atoms with Gasteiger partial charge in [0, 0.05) is 38.2 Å². The lowest BCUT2D eigenvalue weighted by Gasteiger charge is -2.31. The van der Waals surface area contributed by atoms with Crippen molar-refractivity contribution in [3.8, 4) is 11.1 Å². The minimum absolute atomic E-state index is 0.143. The van der Waals surface area contributed by atoms with Gasteiger partial charge in [-0.2, -0.15) is 0 Å². The van der Waals surface area contributed by atoms with Crippen LogP contribution in [0.1, 0.15) is 38.7 Å². The molecular formula is C25H30FN3O3. The first-order chi connectivity index (χ1) is 15.4. The second kappa shape index (κ2) is 9.69. The largest absolute Gasteiger partial charge is 0.444 e. The first-order valence-electron chi connectivity index (χ1n) is 11.3. The lowest BCUT2D eigenvalue weighted by molar-refractivity contribution is -0.129. The van der Waals surface area contributed by atoms with Gasteiger partial charge in [0.2, 0.25) is 5.91 Å². The number of hydrogen-bond acceptors (Lipinski definition) is 4. The fourth-order valence-electron chi connectivity index (χ4n) is 4.31. The maximum absolute atomic E-state index is 14.9. The van der Waals surface area contributed by atoms with Crippen molar-refractivity contribution in [1.29, 1.82) is 0 Å². The third-order valence-corrected chi connectivity index (χ3v) is 6.39. The zero-order chi connectivity index (χ0) is 22.7. The molecule has 2 saturated heterocycles. The summed E-state index contributed by atoms with van der Waals surface area (Å²) in [6, 6.07) is 13.1. The van der Waals surface area contributed by atoms with Crippen LogP contribution >= 0.6 is 0 Å². The molecule has 32 heavy (non-hydrogen) atoms. The Kier molecular flexibility index (Phi) is 6.74. The molecule has 0 saturated carbocycles. The molecule has 0 radical (unpaired) electrons. The first-order valence-corrected chi connectivity index (χ1v) is 11.3. The van der Waals surface area contributed by atoms with Crippen molar-refractivity contribution < 1.29 is 18.7 Å². The number of piperidine rings is 1. The lowest BCUT2D eigenvalue weighted by atomic mass is 10.0. The Hall–Kier alpha value is -2.93. The van der Waals surface area contributed by atoms with Gasteiger partial charge >= 0.3 is 6.09 Å². The van der Waals surface area contributed by atoms with Crippen LogP contribution in [0.25, 0.3) is 11.1 Å². The van der Waals surface area contributed by atoms with Crippen molar-refractivity contribution in [2.24, 2.45) is 0 Å². The van der Waals surface area contributed by atoms with Crippen molar-refractivity contribution in [2.75, 3.05) is 24.5 Å². The zero-order valence-electron chi connectivity index (χ0n) is 18.6. The fraction of sp³-hybridized carbons (Fsp3) is 0.440. The van der Waals surface area contributed by atoms with Gasteiger partial charge in [0.15, 0.2) is 0 Å². The van der Waals surface area contributed by atoms with E-state index >= 15 is 0 Å². The zero-order valence-corrected chi connectivity index (χ0v) is 18.6. The molecule has 0 bridgehead atoms. The highest BCUT2D eigenvalue weighted by molar-refractivity contribution is 5.90. The summed E-state index contributed by atoms with van der Waals surface area (Å²) in [6.45, 7) is 6.37. The fourth-order valence-corrected chi connectivity index (χ4v) is 4.31. The van der Waals surface area contributed by atoms with E-state index in [1.807, 2.05) is 36.1 Å². The number of cyclic esters (lactones) is 1. The average Bonchev–Trinajstić information content (AvgIpc) is 3.19. The number of hydrogen-bond donors (Lipinski definition) is 1. The Balaban J connectivity index is 1.36. The molecule has 6 nitrogen and oxygen atoms in total. The predicted molar refractivity (Wildman–Crippen MR) is 122 cm³/mol. The number of rotatable bonds is 6. The third-order valence-electron chi connectivity index (χ3n) is 6.39. The molecular weight excluding hydrogens is 409 g/mol. The Bertz CT molecular complexity index is 971. The van der Waals surface area contributed by atoms with Gasteiger partial charge in [-0.15, -0.1) is 0 Å². The Morgan fingerprint density at radius 1 is 1.16 bits per heavy atom. The number of carbonyl (C=O) groups excluding carboxylic acids is 2. The number of ether oxygens (including phenoxy) is 1. The van der Waals surface area contributed by atoms with Gasteiger partial charge in [0.1, 0.15) is 11.9 Å². The summed E-state index contributed by atoms with van der Waals surface area (Å²) in [5.41, 5.74) is 2.95. The van der Waals surface area contributed by atoms with Gasteiger partial charge in [-0.1, -0.05) is 31.2 Å². The quantitative estimate of drug-likeness (QED) is 0.728. The van der Waals surface area contributed by atoms with Gasteiger partial charge in [-0.3, -0.25) is 9.69 Å². The number of carbonyl (C=O) groups is 2. The number of likely N-dealkylation sites (tertiary alicyclic amines) is 1. The van der Waals surface area contributed by atoms with Crippen LogP contribution in [-0.4, -0.2) is 48.7 Å². The minimum atomic E-state index is -0.423. The number of benzene rings is 2. The number of halogens is 1. The highest BCUT2D eigenvalue weighted by Gasteiger charge is 2.31. The van der Waals surface area contributed by atoms with Crippen molar-refractivity contribution in [2.45, 2.75) is 51.8 Å². The Morgan fingerprint density at radius 2 is 1.88 bits per heavy atom. The Labute approximate surface area is 188 Å². The predicted octanol–water partition coefficient (Wildman–Crippen LogP) is 4.33. The van der Waals surface area contributed by atoms with Gasteiger partial charge in [0.25, 0.3) is 0 Å². The van der Waals surface area contributed by atoms with Crippen LogP contribution in [0.15, 0.2) is 42.5 Å². The van der Waals surface area contributed by atoms with E-state index in [0.29, 0.717) is 23.8 Å². The van der Waals surface area contributed by atoms with E-state index in [2.05, 4.69) is 5.32 Å². The Morgan fingerprint density at radius 3 is 2.47 bits per heavy atom. The summed E-state index contributed by atoms with van der Waals surface area (Å²) < 4.78 is 20.1. The highest BCUT2D eigenvalue weighted by atomic mass is 19.1. The normalized spacial score (nSPS) is 19.3. The van der Waals surface area contributed by atoms with E-state index in [0.717, 1.165) is 50.0 Å². The molecule has 0 unspecified atom stereocenters. The molecule has 2 aromatic rings. The van der Waals surface area contributed by atoms with Gasteiger partial charge < -0.3 is 15.0 Å². The van der Waals surface area contributed by atoms with Crippen LogP contribution in [-0.2, 0) is 16.1 Å². The molecule has 4 rings (SSSR count). The molecule has 2 aliphatic heterocycles. The average molecular weight is 440 g/mol. The SMILES string of the molecule is CC[C@H]1CN(c2ccc(-c3ccc(CNC4CCN(C(C)=O)CC4)cc3)c(F)c2)C(=O)O1. The highest BCUT2D eigenvalue weighted by Crippen LogP contribution is 2.29. The lowest BCUT2D eigenvalue weighted by Crippen LogP contribution is -2.43. The molecule has 170 valence electrons. The van der Waals surface area contributed by atoms with E-state index in [4.69, 9.17) is 4.74 Å². The van der Waals surface area contributed by atoms with E-state index in [9.17, 15) is 14.0 Å². The molecule has 0 spiro atoms. The van der Waals surface area contributed by atoms with E-state index in [-0.39, 0.29) is 17.8 Å². The topological polar surface area (TPSA) is 61.9 Å². The second-order valence-corrected chi connectivity index (χ2v) is 8.55. The smallest absolute Gasteiger partial charge is 0.414 e. The molecule has 0 aromatic heterocycles. The van der Waals surface area contributed by atoms with Gasteiger partial charge in [-0.05, 0) is 48.6 Å². The van der Waals surface area contributed by atoms with Crippen LogP contribution in [0.2, 0.25) is 0 Å². The third kappa shape index (κ3) is 4.93. The van der Waals surface area contributed by atoms with Crippen LogP contribution in [0, 0.1) is 5.82 Å². The minimum Gasteiger partial charge on any atom is -0.444 e. The van der Waals surface area contributed by atoms with Crippen LogP contribution in [0.4, 0.5) is 14.9 Å². The number of amides is 2. The van der Waals surface area contributed by atoms with Crippen molar-refractivity contribution >= 4 is 17.7 Å². The van der Waals surface area contributed by atoms with Crippen molar-refractivity contribution in [3.63, 3.8) is 0 Å². The second-order valence-electron chi connectivity index (χ2n) is 8.55. The monoisotopic (exact) mass is 439 g/mol. The summed E-state index contributed by atoms with van der Waals surface area (Å²) in [6.07, 6.45) is 2.08. The van der Waals surface area contributed by atoms with Gasteiger partial charge in [0.05, 0.1) is 12.2 Å². The van der Waals surface area contributed by atoms with Crippen molar-refractivity contribution in [1.82, 2.24) is 10.2 Å².